The van der Waals surface area contributed by atoms with Crippen LogP contribution in [0.15, 0.2) is 41.2 Å². The van der Waals surface area contributed by atoms with Crippen molar-refractivity contribution in [2.75, 3.05) is 39.4 Å². The van der Waals surface area contributed by atoms with E-state index >= 15 is 0 Å². The molecule has 2 aromatic carbocycles. The maximum Gasteiger partial charge on any atom is 0.272 e. The van der Waals surface area contributed by atoms with Gasteiger partial charge in [-0.1, -0.05) is 12.1 Å². The molecule has 7 nitrogen and oxygen atoms in total. The van der Waals surface area contributed by atoms with E-state index in [0.29, 0.717) is 11.1 Å². The highest BCUT2D eigenvalue weighted by Crippen LogP contribution is 2.44. The van der Waals surface area contributed by atoms with E-state index < -0.39 is 0 Å². The number of aromatic amines is 1. The Morgan fingerprint density at radius 1 is 1.14 bits per heavy atom. The lowest BCUT2D eigenvalue weighted by Crippen LogP contribution is -2.40. The van der Waals surface area contributed by atoms with Gasteiger partial charge >= 0.3 is 0 Å². The van der Waals surface area contributed by atoms with Crippen LogP contribution in [0, 0.1) is 0 Å². The molecule has 1 saturated heterocycles. The second-order valence-corrected chi connectivity index (χ2v) is 7.14. The Morgan fingerprint density at radius 2 is 2.04 bits per heavy atom. The van der Waals surface area contributed by atoms with Crippen molar-refractivity contribution in [2.45, 2.75) is 6.54 Å². The average Bonchev–Trinajstić information content (AvgIpc) is 2.74. The third-order valence-corrected chi connectivity index (χ3v) is 5.33. The molecule has 0 amide bonds. The first-order valence-corrected chi connectivity index (χ1v) is 9.63. The summed E-state index contributed by atoms with van der Waals surface area (Å²) >= 11 is 0. The van der Waals surface area contributed by atoms with E-state index in [-0.39, 0.29) is 5.56 Å². The molecule has 0 bridgehead atoms. The lowest BCUT2D eigenvalue weighted by Gasteiger charge is -2.26. The standard InChI is InChI=1S/C21H22N4O3/c26-21-15-2-1-3-18-19(15)20(23-24-21)16-12-14(4-5-17(16)28-18)13-22-6-7-25-8-10-27-11-9-25/h1-5,12,22H,6-11,13H2,(H,24,26). The quantitative estimate of drug-likeness (QED) is 0.518. The summed E-state index contributed by atoms with van der Waals surface area (Å²) in [4.78, 5) is 14.5. The minimum Gasteiger partial charge on any atom is -0.456 e. The van der Waals surface area contributed by atoms with Crippen LogP contribution in [-0.2, 0) is 11.3 Å². The Kier molecular flexibility index (Phi) is 4.56. The molecule has 5 rings (SSSR count). The number of benzene rings is 2. The molecule has 3 heterocycles. The minimum absolute atomic E-state index is 0.200. The summed E-state index contributed by atoms with van der Waals surface area (Å²) in [6.45, 7) is 6.38. The first kappa shape index (κ1) is 17.4. The number of H-pyrrole nitrogens is 1. The van der Waals surface area contributed by atoms with Crippen LogP contribution < -0.4 is 15.6 Å². The van der Waals surface area contributed by atoms with Crippen LogP contribution in [0.25, 0.3) is 22.0 Å². The van der Waals surface area contributed by atoms with Crippen molar-refractivity contribution in [3.8, 4) is 22.8 Å². The summed E-state index contributed by atoms with van der Waals surface area (Å²) in [7, 11) is 0. The average molecular weight is 378 g/mol. The van der Waals surface area contributed by atoms with Crippen LogP contribution in [0.1, 0.15) is 5.56 Å². The molecule has 0 aliphatic carbocycles. The summed E-state index contributed by atoms with van der Waals surface area (Å²) in [6, 6.07) is 11.6. The Morgan fingerprint density at radius 3 is 2.93 bits per heavy atom. The van der Waals surface area contributed by atoms with Gasteiger partial charge in [0.05, 0.1) is 24.0 Å². The Bertz CT molecular complexity index is 1070. The second-order valence-electron chi connectivity index (χ2n) is 7.14. The molecule has 2 N–H and O–H groups in total. The maximum atomic E-state index is 12.1. The molecular formula is C21H22N4O3. The number of hydrogen-bond acceptors (Lipinski definition) is 6. The lowest BCUT2D eigenvalue weighted by atomic mass is 9.99. The van der Waals surface area contributed by atoms with Crippen LogP contribution in [-0.4, -0.2) is 54.5 Å². The summed E-state index contributed by atoms with van der Waals surface area (Å²) < 4.78 is 11.4. The largest absolute Gasteiger partial charge is 0.456 e. The summed E-state index contributed by atoms with van der Waals surface area (Å²) in [5.74, 6) is 1.44. The van der Waals surface area contributed by atoms with Crippen molar-refractivity contribution < 1.29 is 9.47 Å². The van der Waals surface area contributed by atoms with Gasteiger partial charge in [-0.05, 0) is 29.8 Å². The van der Waals surface area contributed by atoms with E-state index in [0.717, 1.165) is 73.9 Å². The van der Waals surface area contributed by atoms with Gasteiger partial charge in [0.1, 0.15) is 17.2 Å². The van der Waals surface area contributed by atoms with Crippen LogP contribution in [0.2, 0.25) is 0 Å². The molecule has 0 spiro atoms. The Balaban J connectivity index is 1.35. The number of hydrogen-bond donors (Lipinski definition) is 2. The van der Waals surface area contributed by atoms with E-state index in [1.165, 1.54) is 0 Å². The van der Waals surface area contributed by atoms with Gasteiger partial charge in [0, 0.05) is 38.3 Å². The van der Waals surface area contributed by atoms with Gasteiger partial charge in [-0.2, -0.15) is 5.10 Å². The fourth-order valence-corrected chi connectivity index (χ4v) is 3.84. The molecule has 0 atom stereocenters. The highest BCUT2D eigenvalue weighted by atomic mass is 16.5. The van der Waals surface area contributed by atoms with Crippen molar-refractivity contribution in [2.24, 2.45) is 0 Å². The van der Waals surface area contributed by atoms with Gasteiger partial charge in [0.15, 0.2) is 0 Å². The molecule has 144 valence electrons. The second kappa shape index (κ2) is 7.35. The van der Waals surface area contributed by atoms with Crippen molar-refractivity contribution in [1.29, 1.82) is 0 Å². The van der Waals surface area contributed by atoms with E-state index in [9.17, 15) is 4.79 Å². The number of nitrogens with one attached hydrogen (secondary N) is 2. The highest BCUT2D eigenvalue weighted by molar-refractivity contribution is 6.01. The Labute approximate surface area is 162 Å². The van der Waals surface area contributed by atoms with Gasteiger partial charge in [0.25, 0.3) is 5.56 Å². The first-order chi connectivity index (χ1) is 13.8. The zero-order chi connectivity index (χ0) is 18.9. The molecule has 2 aliphatic rings. The SMILES string of the molecule is O=c1[nH]nc2c3c(cccc13)Oc1ccc(CNCCN3CCOCC3)cc1-2. The predicted molar refractivity (Wildman–Crippen MR) is 107 cm³/mol. The van der Waals surface area contributed by atoms with Crippen molar-refractivity contribution in [1.82, 2.24) is 20.4 Å². The van der Waals surface area contributed by atoms with E-state index in [1.54, 1.807) is 6.07 Å². The van der Waals surface area contributed by atoms with Crippen LogP contribution >= 0.6 is 0 Å². The summed E-state index contributed by atoms with van der Waals surface area (Å²) in [5, 5.41) is 11.8. The molecule has 1 fully saturated rings. The van der Waals surface area contributed by atoms with Crippen LogP contribution in [0.5, 0.6) is 11.5 Å². The summed E-state index contributed by atoms with van der Waals surface area (Å²) in [6.07, 6.45) is 0. The number of rotatable bonds is 5. The fourth-order valence-electron chi connectivity index (χ4n) is 3.84. The van der Waals surface area contributed by atoms with E-state index in [4.69, 9.17) is 9.47 Å². The zero-order valence-corrected chi connectivity index (χ0v) is 15.5. The van der Waals surface area contributed by atoms with Crippen molar-refractivity contribution in [3.05, 3.63) is 52.3 Å². The third kappa shape index (κ3) is 3.17. The topological polar surface area (TPSA) is 79.5 Å². The lowest BCUT2D eigenvalue weighted by molar-refractivity contribution is 0.0384. The first-order valence-electron chi connectivity index (χ1n) is 9.63. The van der Waals surface area contributed by atoms with Gasteiger partial charge in [-0.3, -0.25) is 9.69 Å². The molecule has 1 aromatic heterocycles. The minimum atomic E-state index is -0.200. The number of morpholine rings is 1. The van der Waals surface area contributed by atoms with Crippen molar-refractivity contribution >= 4 is 10.8 Å². The van der Waals surface area contributed by atoms with E-state index in [2.05, 4.69) is 32.5 Å². The summed E-state index contributed by atoms with van der Waals surface area (Å²) in [5.41, 5.74) is 2.63. The molecule has 2 aliphatic heterocycles. The smallest absolute Gasteiger partial charge is 0.272 e. The molecule has 0 saturated carbocycles. The van der Waals surface area contributed by atoms with E-state index in [1.807, 2.05) is 18.2 Å². The van der Waals surface area contributed by atoms with Gasteiger partial charge in [-0.15, -0.1) is 0 Å². The van der Waals surface area contributed by atoms with Gasteiger partial charge in [-0.25, -0.2) is 5.10 Å². The fraction of sp³-hybridized carbons (Fsp3) is 0.333. The highest BCUT2D eigenvalue weighted by Gasteiger charge is 2.22. The number of nitrogens with zero attached hydrogens (tertiary/aromatic N) is 2. The third-order valence-electron chi connectivity index (χ3n) is 5.33. The monoisotopic (exact) mass is 378 g/mol. The number of ether oxygens (including phenoxy) is 2. The molecule has 3 aromatic rings. The van der Waals surface area contributed by atoms with Gasteiger partial charge in [0.2, 0.25) is 0 Å². The normalized spacial score (nSPS) is 16.0. The number of aromatic nitrogens is 2. The molecular weight excluding hydrogens is 356 g/mol. The van der Waals surface area contributed by atoms with Crippen molar-refractivity contribution in [3.63, 3.8) is 0 Å². The molecule has 28 heavy (non-hydrogen) atoms. The van der Waals surface area contributed by atoms with Gasteiger partial charge < -0.3 is 14.8 Å². The molecule has 7 heteroatoms. The predicted octanol–water partition coefficient (Wildman–Crippen LogP) is 2.12. The zero-order valence-electron chi connectivity index (χ0n) is 15.5. The number of fused-ring (bicyclic) bond motifs is 2. The van der Waals surface area contributed by atoms with Crippen LogP contribution in [0.4, 0.5) is 0 Å². The van der Waals surface area contributed by atoms with Crippen LogP contribution in [0.3, 0.4) is 0 Å². The molecule has 0 unspecified atom stereocenters. The molecule has 0 radical (unpaired) electrons. The Hall–Kier alpha value is -2.74. The maximum absolute atomic E-state index is 12.1.